The zero-order chi connectivity index (χ0) is 33.2. The number of allylic oxidation sites excluding steroid dienone is 8. The molecule has 3 nitrogen and oxygen atoms in total. The smallest absolute Gasteiger partial charge is 0.168 e. The molecular formula is C43H79NO2. The normalized spacial score (nSPS) is 16.9. The van der Waals surface area contributed by atoms with Crippen LogP contribution < -0.4 is 0 Å². The molecule has 0 aliphatic heterocycles. The Morgan fingerprint density at radius 1 is 0.543 bits per heavy atom. The van der Waals surface area contributed by atoms with Gasteiger partial charge in [0.25, 0.3) is 0 Å². The first-order chi connectivity index (χ1) is 22.6. The summed E-state index contributed by atoms with van der Waals surface area (Å²) in [6.45, 7) is 7.41. The zero-order valence-corrected chi connectivity index (χ0v) is 31.5. The molecule has 0 radical (unpaired) electrons. The van der Waals surface area contributed by atoms with E-state index in [-0.39, 0.29) is 5.79 Å². The molecule has 1 rings (SSSR count). The van der Waals surface area contributed by atoms with Gasteiger partial charge in [-0.25, -0.2) is 0 Å². The third-order valence-corrected chi connectivity index (χ3v) is 9.44. The molecule has 1 aliphatic carbocycles. The monoisotopic (exact) mass is 642 g/mol. The molecule has 0 heterocycles. The number of hydrogen-bond donors (Lipinski definition) is 0. The lowest BCUT2D eigenvalue weighted by Gasteiger charge is -2.30. The molecule has 1 saturated carbocycles. The highest BCUT2D eigenvalue weighted by atomic mass is 16.7. The fourth-order valence-electron chi connectivity index (χ4n) is 6.40. The summed E-state index contributed by atoms with van der Waals surface area (Å²) in [6.07, 6.45) is 51.4. The lowest BCUT2D eigenvalue weighted by Crippen LogP contribution is -2.34. The van der Waals surface area contributed by atoms with Crippen LogP contribution in [-0.4, -0.2) is 44.5 Å². The van der Waals surface area contributed by atoms with Gasteiger partial charge in [0.15, 0.2) is 5.79 Å². The van der Waals surface area contributed by atoms with E-state index in [1.165, 1.54) is 128 Å². The maximum absolute atomic E-state index is 6.60. The third kappa shape index (κ3) is 26.9. The first-order valence-corrected chi connectivity index (χ1v) is 20.1. The third-order valence-electron chi connectivity index (χ3n) is 9.44. The van der Waals surface area contributed by atoms with E-state index >= 15 is 0 Å². The van der Waals surface area contributed by atoms with E-state index in [2.05, 4.69) is 81.5 Å². The van der Waals surface area contributed by atoms with Crippen molar-refractivity contribution in [2.45, 2.75) is 187 Å². The van der Waals surface area contributed by atoms with Gasteiger partial charge in [-0.15, -0.1) is 0 Å². The van der Waals surface area contributed by atoms with Crippen LogP contribution in [0, 0.1) is 5.92 Å². The van der Waals surface area contributed by atoms with Crippen molar-refractivity contribution < 1.29 is 9.47 Å². The quantitative estimate of drug-likeness (QED) is 0.0404. The molecule has 0 aromatic heterocycles. The highest BCUT2D eigenvalue weighted by Gasteiger charge is 2.40. The summed E-state index contributed by atoms with van der Waals surface area (Å²) in [5.41, 5.74) is 0. The Morgan fingerprint density at radius 2 is 0.957 bits per heavy atom. The molecule has 0 N–H and O–H groups in total. The number of ether oxygens (including phenoxy) is 2. The second-order valence-corrected chi connectivity index (χ2v) is 14.3. The molecule has 0 spiro atoms. The minimum Gasteiger partial charge on any atom is -0.350 e. The topological polar surface area (TPSA) is 21.7 Å². The predicted molar refractivity (Wildman–Crippen MR) is 205 cm³/mol. The molecule has 1 unspecified atom stereocenters. The Hall–Kier alpha value is -1.16. The van der Waals surface area contributed by atoms with Gasteiger partial charge in [0, 0.05) is 12.8 Å². The molecule has 1 atom stereocenters. The van der Waals surface area contributed by atoms with Crippen LogP contribution in [0.2, 0.25) is 0 Å². The predicted octanol–water partition coefficient (Wildman–Crippen LogP) is 13.3. The average Bonchev–Trinajstić information content (AvgIpc) is 3.46. The summed E-state index contributed by atoms with van der Waals surface area (Å²) in [5, 5.41) is 0. The van der Waals surface area contributed by atoms with Gasteiger partial charge in [-0.2, -0.15) is 0 Å². The van der Waals surface area contributed by atoms with Gasteiger partial charge in [-0.1, -0.05) is 127 Å². The van der Waals surface area contributed by atoms with Crippen molar-refractivity contribution in [3.63, 3.8) is 0 Å². The van der Waals surface area contributed by atoms with E-state index in [9.17, 15) is 0 Å². The first kappa shape index (κ1) is 42.9. The van der Waals surface area contributed by atoms with Gasteiger partial charge in [-0.05, 0) is 116 Å². The van der Waals surface area contributed by atoms with Gasteiger partial charge in [0.2, 0.25) is 0 Å². The van der Waals surface area contributed by atoms with Crippen molar-refractivity contribution in [1.29, 1.82) is 0 Å². The van der Waals surface area contributed by atoms with Gasteiger partial charge < -0.3 is 14.4 Å². The van der Waals surface area contributed by atoms with E-state index < -0.39 is 0 Å². The maximum Gasteiger partial charge on any atom is 0.168 e. The largest absolute Gasteiger partial charge is 0.350 e. The minimum absolute atomic E-state index is 0.318. The molecule has 46 heavy (non-hydrogen) atoms. The van der Waals surface area contributed by atoms with E-state index in [1.54, 1.807) is 0 Å². The highest BCUT2D eigenvalue weighted by molar-refractivity contribution is 4.93. The fourth-order valence-corrected chi connectivity index (χ4v) is 6.40. The summed E-state index contributed by atoms with van der Waals surface area (Å²) in [4.78, 5) is 2.31. The van der Waals surface area contributed by atoms with Gasteiger partial charge >= 0.3 is 0 Å². The molecule has 0 aromatic rings. The summed E-state index contributed by atoms with van der Waals surface area (Å²) in [7, 11) is 4.37. The lowest BCUT2D eigenvalue weighted by atomic mass is 10.0. The molecule has 268 valence electrons. The molecule has 1 fully saturated rings. The molecule has 1 aliphatic rings. The van der Waals surface area contributed by atoms with Crippen molar-refractivity contribution in [1.82, 2.24) is 4.90 Å². The number of hydrogen-bond acceptors (Lipinski definition) is 3. The van der Waals surface area contributed by atoms with Crippen LogP contribution in [0.5, 0.6) is 0 Å². The minimum atomic E-state index is -0.318. The fraction of sp³-hybridized carbons (Fsp3) is 0.814. The van der Waals surface area contributed by atoms with E-state index in [0.717, 1.165) is 64.2 Å². The van der Waals surface area contributed by atoms with Crippen molar-refractivity contribution in [2.24, 2.45) is 5.92 Å². The van der Waals surface area contributed by atoms with Crippen molar-refractivity contribution in [2.75, 3.05) is 33.9 Å². The van der Waals surface area contributed by atoms with Gasteiger partial charge in [0.05, 0.1) is 13.2 Å². The van der Waals surface area contributed by atoms with Crippen molar-refractivity contribution in [3.05, 3.63) is 48.6 Å². The molecule has 0 bridgehead atoms. The Labute approximate surface area is 288 Å². The SMILES string of the molecule is CCCCC/C=C\C/C=C\CCCCCCCOC1(OCCCCCCC/C=C\C/C=C\CCCCC)CCC(CCN(C)C)C1. The Bertz CT molecular complexity index is 704. The van der Waals surface area contributed by atoms with Crippen LogP contribution in [0.4, 0.5) is 0 Å². The summed E-state index contributed by atoms with van der Waals surface area (Å²) in [6, 6.07) is 0. The van der Waals surface area contributed by atoms with Gasteiger partial charge in [0.1, 0.15) is 0 Å². The lowest BCUT2D eigenvalue weighted by molar-refractivity contribution is -0.235. The second-order valence-electron chi connectivity index (χ2n) is 14.3. The van der Waals surface area contributed by atoms with E-state index in [1.807, 2.05) is 0 Å². The van der Waals surface area contributed by atoms with Crippen LogP contribution in [0.25, 0.3) is 0 Å². The number of unbranched alkanes of at least 4 members (excludes halogenated alkanes) is 16. The van der Waals surface area contributed by atoms with Crippen LogP contribution in [0.1, 0.15) is 181 Å². The van der Waals surface area contributed by atoms with E-state index in [4.69, 9.17) is 9.47 Å². The van der Waals surface area contributed by atoms with Gasteiger partial charge in [-0.3, -0.25) is 0 Å². The summed E-state index contributed by atoms with van der Waals surface area (Å²) >= 11 is 0. The Balaban J connectivity index is 2.16. The average molecular weight is 642 g/mol. The van der Waals surface area contributed by atoms with Crippen LogP contribution in [0.15, 0.2) is 48.6 Å². The molecule has 0 amide bonds. The van der Waals surface area contributed by atoms with Crippen molar-refractivity contribution in [3.8, 4) is 0 Å². The molecule has 0 saturated heterocycles. The zero-order valence-electron chi connectivity index (χ0n) is 31.5. The molecule has 0 aromatic carbocycles. The van der Waals surface area contributed by atoms with Crippen LogP contribution in [-0.2, 0) is 9.47 Å². The Kier molecular flexibility index (Phi) is 30.2. The van der Waals surface area contributed by atoms with Crippen LogP contribution in [0.3, 0.4) is 0 Å². The van der Waals surface area contributed by atoms with E-state index in [0.29, 0.717) is 0 Å². The maximum atomic E-state index is 6.60. The molecule has 3 heteroatoms. The summed E-state index contributed by atoms with van der Waals surface area (Å²) < 4.78 is 13.2. The summed E-state index contributed by atoms with van der Waals surface area (Å²) in [5.74, 6) is 0.415. The Morgan fingerprint density at radius 3 is 1.39 bits per heavy atom. The van der Waals surface area contributed by atoms with Crippen molar-refractivity contribution >= 4 is 0 Å². The number of nitrogens with zero attached hydrogens (tertiary/aromatic N) is 1. The second kappa shape index (κ2) is 32.4. The first-order valence-electron chi connectivity index (χ1n) is 20.1. The standard InChI is InChI=1S/C43H79NO2/c1-5-7-9-11-13-15-17-19-21-23-25-27-29-31-33-39-45-43(37-35-42(41-43)36-38-44(3)4)46-40-34-32-30-28-26-24-22-20-18-16-14-12-10-8-6-2/h13-16,19-22,42H,5-12,17-18,23-41H2,1-4H3/b15-13-,16-14-,21-19-,22-20-. The number of rotatable bonds is 33. The van der Waals surface area contributed by atoms with Crippen LogP contribution >= 0.6 is 0 Å². The molecular weight excluding hydrogens is 562 g/mol. The highest BCUT2D eigenvalue weighted by Crippen LogP contribution is 2.40.